The molecule has 9 nitrogen and oxygen atoms in total. The summed E-state index contributed by atoms with van der Waals surface area (Å²) in [5, 5.41) is 7.04. The number of carbonyl (C=O) groups is 2. The maximum atomic E-state index is 13.7. The lowest BCUT2D eigenvalue weighted by molar-refractivity contribution is -0.132. The van der Waals surface area contributed by atoms with E-state index in [0.717, 1.165) is 48.9 Å². The third kappa shape index (κ3) is 23.1. The highest BCUT2D eigenvalue weighted by Gasteiger charge is 2.44. The van der Waals surface area contributed by atoms with Crippen molar-refractivity contribution in [3.8, 4) is 23.6 Å². The molecule has 440 valence electrons. The number of hydrogen-bond acceptors (Lipinski definition) is 6. The number of amides is 2. The minimum atomic E-state index is -0.490. The van der Waals surface area contributed by atoms with Gasteiger partial charge in [0.05, 0.1) is 33.4 Å². The summed E-state index contributed by atoms with van der Waals surface area (Å²) in [6.45, 7) is 19.2. The highest BCUT2D eigenvalue weighted by Crippen LogP contribution is 2.40. The lowest BCUT2D eigenvalue weighted by atomic mass is 9.82. The second kappa shape index (κ2) is 34.9. The molecular formula is C65H58Br2Cl2F4IN7O2S2. The van der Waals surface area contributed by atoms with Crippen molar-refractivity contribution < 1.29 is 27.2 Å². The number of β-lactam (4-membered cyclic amide) rings is 1. The molecule has 9 aromatic rings. The van der Waals surface area contributed by atoms with Crippen LogP contribution >= 0.6 is 101 Å². The fraction of sp³-hybridized carbons (Fsp3) is 0.154. The molecule has 20 heteroatoms. The number of nitrogens with two attached hydrogens (primary N) is 2. The average molecular weight is 1470 g/mol. The van der Waals surface area contributed by atoms with Crippen molar-refractivity contribution in [1.29, 1.82) is 0 Å². The molecule has 0 spiro atoms. The van der Waals surface area contributed by atoms with E-state index < -0.39 is 5.82 Å². The first-order valence-corrected chi connectivity index (χ1v) is 30.3. The average Bonchev–Trinajstić information content (AvgIpc) is 2.59. The number of hydrogen-bond donors (Lipinski definition) is 4. The Morgan fingerprint density at radius 3 is 1.96 bits per heavy atom. The molecule has 2 amide bonds. The Kier molecular flexibility index (Phi) is 29.0. The van der Waals surface area contributed by atoms with E-state index in [1.54, 1.807) is 67.3 Å². The zero-order valence-electron chi connectivity index (χ0n) is 46.8. The van der Waals surface area contributed by atoms with Crippen LogP contribution in [-0.2, 0) is 16.0 Å². The van der Waals surface area contributed by atoms with E-state index in [9.17, 15) is 27.2 Å². The quantitative estimate of drug-likeness (QED) is 0.0326. The van der Waals surface area contributed by atoms with Gasteiger partial charge < -0.3 is 27.0 Å². The van der Waals surface area contributed by atoms with Gasteiger partial charge in [0.25, 0.3) is 5.00 Å². The Morgan fingerprint density at radius 1 is 0.800 bits per heavy atom. The summed E-state index contributed by atoms with van der Waals surface area (Å²) in [5.41, 5.74) is 18.5. The van der Waals surface area contributed by atoms with Crippen LogP contribution in [-0.4, -0.2) is 28.5 Å². The number of terminal acetylenes is 1. The minimum absolute atomic E-state index is 0.00824. The first-order valence-electron chi connectivity index (χ1n) is 25.6. The number of rotatable bonds is 6. The van der Waals surface area contributed by atoms with Gasteiger partial charge in [0.15, 0.2) is 5.11 Å². The van der Waals surface area contributed by atoms with Gasteiger partial charge in [0.2, 0.25) is 11.8 Å². The van der Waals surface area contributed by atoms with Crippen LogP contribution in [0.3, 0.4) is 0 Å². The number of nitrogens with zero attached hydrogens (tertiary/aromatic N) is 3. The van der Waals surface area contributed by atoms with Crippen molar-refractivity contribution in [2.24, 2.45) is 11.1 Å². The first-order chi connectivity index (χ1) is 40.3. The Morgan fingerprint density at radius 2 is 1.44 bits per heavy atom. The molecule has 0 unspecified atom stereocenters. The SMILES string of the molecule is C#Cc1cccc(N2CC(C)(C)C2=O)c1.CCC(=O)Nc1ccc(F)c(Cl)c1.CCc1cccc(Br)c1.Cc1ccc(F)c(Cl)c1.Cc1ccc(I)cc1F.NC(=S)Nc1cccc(Br)c1.[C-]#[N+]c1sc2nc(-c3ccccc3F)ccc2c1N. The molecule has 1 aliphatic rings. The van der Waals surface area contributed by atoms with Crippen molar-refractivity contribution in [1.82, 2.24) is 4.98 Å². The van der Waals surface area contributed by atoms with Gasteiger partial charge in [0.1, 0.15) is 28.1 Å². The molecule has 7 aromatic carbocycles. The minimum Gasteiger partial charge on any atom is -0.406 e. The number of carbonyl (C=O) groups excluding carboxylic acids is 2. The second-order valence-corrected chi connectivity index (χ2v) is 24.1. The molecular weight excluding hydrogens is 1410 g/mol. The van der Waals surface area contributed by atoms with E-state index in [0.29, 0.717) is 44.4 Å². The van der Waals surface area contributed by atoms with Crippen LogP contribution in [0.1, 0.15) is 56.4 Å². The smallest absolute Gasteiger partial charge is 0.265 e. The molecule has 3 heterocycles. The third-order valence-electron chi connectivity index (χ3n) is 11.7. The predicted octanol–water partition coefficient (Wildman–Crippen LogP) is 19.7. The van der Waals surface area contributed by atoms with Crippen molar-refractivity contribution in [3.05, 3.63) is 243 Å². The number of fused-ring (bicyclic) bond motifs is 1. The number of thiophene rings is 1. The van der Waals surface area contributed by atoms with E-state index in [2.05, 4.69) is 118 Å². The number of benzene rings is 7. The summed E-state index contributed by atoms with van der Waals surface area (Å²) < 4.78 is 54.4. The van der Waals surface area contributed by atoms with Gasteiger partial charge in [-0.05, 0) is 201 Å². The molecule has 0 radical (unpaired) electrons. The summed E-state index contributed by atoms with van der Waals surface area (Å²) in [6.07, 6.45) is 6.81. The molecule has 0 bridgehead atoms. The first kappa shape index (κ1) is 70.6. The number of thiocarbonyl (C=S) groups is 1. The molecule has 6 N–H and O–H groups in total. The van der Waals surface area contributed by atoms with Gasteiger partial charge in [-0.3, -0.25) is 9.59 Å². The maximum Gasteiger partial charge on any atom is 0.265 e. The van der Waals surface area contributed by atoms with Gasteiger partial charge >= 0.3 is 0 Å². The summed E-state index contributed by atoms with van der Waals surface area (Å²) in [7, 11) is 0. The number of halogens is 9. The summed E-state index contributed by atoms with van der Waals surface area (Å²) in [5.74, 6) is 1.32. The van der Waals surface area contributed by atoms with Gasteiger partial charge in [-0.1, -0.05) is 123 Å². The summed E-state index contributed by atoms with van der Waals surface area (Å²) in [4.78, 5) is 32.9. The van der Waals surface area contributed by atoms with Crippen LogP contribution in [0.25, 0.3) is 26.3 Å². The second-order valence-electron chi connectivity index (χ2n) is 18.8. The Labute approximate surface area is 543 Å². The number of aryl methyl sites for hydroxylation is 3. The number of pyridine rings is 1. The predicted molar refractivity (Wildman–Crippen MR) is 365 cm³/mol. The van der Waals surface area contributed by atoms with Crippen LogP contribution in [0.5, 0.6) is 0 Å². The van der Waals surface area contributed by atoms with Crippen LogP contribution in [0, 0.1) is 65.0 Å². The van der Waals surface area contributed by atoms with Gasteiger partial charge in [0, 0.05) is 59.1 Å². The van der Waals surface area contributed by atoms with E-state index in [-0.39, 0.29) is 49.8 Å². The van der Waals surface area contributed by atoms with Crippen LogP contribution in [0.2, 0.25) is 10.0 Å². The van der Waals surface area contributed by atoms with Crippen LogP contribution in [0.4, 0.5) is 45.3 Å². The van der Waals surface area contributed by atoms with Gasteiger partial charge in [-0.2, -0.15) is 0 Å². The molecule has 1 aliphatic heterocycles. The normalized spacial score (nSPS) is 11.3. The van der Waals surface area contributed by atoms with Crippen molar-refractivity contribution >= 4 is 156 Å². The monoisotopic (exact) mass is 1460 g/mol. The Bertz CT molecular complexity index is 3810. The zero-order valence-corrected chi connectivity index (χ0v) is 55.3. The Hall–Kier alpha value is -6.88. The lowest BCUT2D eigenvalue weighted by Crippen LogP contribution is -2.58. The molecule has 10 rings (SSSR count). The fourth-order valence-electron chi connectivity index (χ4n) is 7.12. The van der Waals surface area contributed by atoms with Gasteiger partial charge in [-0.15, -0.1) is 17.8 Å². The topological polar surface area (TPSA) is 131 Å². The number of anilines is 4. The van der Waals surface area contributed by atoms with E-state index in [1.165, 1.54) is 57.8 Å². The molecule has 2 aromatic heterocycles. The molecule has 1 saturated heterocycles. The number of nitrogens with one attached hydrogen (secondary N) is 2. The van der Waals surface area contributed by atoms with Gasteiger partial charge in [-0.25, -0.2) is 27.4 Å². The molecule has 0 atom stereocenters. The molecule has 85 heavy (non-hydrogen) atoms. The van der Waals surface area contributed by atoms with E-state index in [1.807, 2.05) is 81.4 Å². The summed E-state index contributed by atoms with van der Waals surface area (Å²) >= 11 is 25.7. The molecule has 0 aliphatic carbocycles. The largest absolute Gasteiger partial charge is 0.406 e. The number of nitrogen functional groups attached to an aromatic ring is 1. The Balaban J connectivity index is 0.000000217. The lowest BCUT2D eigenvalue weighted by Gasteiger charge is -2.44. The van der Waals surface area contributed by atoms with Crippen LogP contribution in [0.15, 0.2) is 173 Å². The maximum absolute atomic E-state index is 13.7. The third-order valence-corrected chi connectivity index (χ3v) is 15.0. The van der Waals surface area contributed by atoms with Crippen molar-refractivity contribution in [3.63, 3.8) is 0 Å². The summed E-state index contributed by atoms with van der Waals surface area (Å²) in [6, 6.07) is 47.4. The fourth-order valence-corrected chi connectivity index (χ4v) is 9.84. The molecule has 0 saturated carbocycles. The van der Waals surface area contributed by atoms with Crippen molar-refractivity contribution in [2.45, 2.75) is 54.4 Å². The van der Waals surface area contributed by atoms with E-state index >= 15 is 0 Å². The zero-order chi connectivity index (χ0) is 63.0. The molecule has 1 fully saturated rings. The van der Waals surface area contributed by atoms with Crippen LogP contribution < -0.4 is 27.0 Å². The standard InChI is InChI=1S/C14H8FN3S.C13H13NO.C9H9ClFNO.C8H9Br.C7H7BrN2S.C7H6ClF.C7H6FI/c1-17-14-12(16)9-6-7-11(18-13(9)19-14)8-4-2-3-5-10(8)15;1-4-10-6-5-7-11(8-10)14-9-13(2,3)12(14)15;1-2-9(13)12-6-3-4-8(11)7(10)5-6;1-2-7-4-3-5-8(9)6-7;8-5-2-1-3-6(4-5)10-7(9)11;1-5-2-3-7(9)6(8)4-5;1-5-2-3-6(9)4-7(5)8/h2-7H,16H2;1,5-8H,9H2,2-3H3;3-5H,2H2,1H3,(H,12,13);3-6H,2H2,1H3;1-4H,(H3,9,10,11);2*2-4H,1H3. The number of aromatic nitrogens is 1. The highest BCUT2D eigenvalue weighted by atomic mass is 127. The van der Waals surface area contributed by atoms with Crippen molar-refractivity contribution in [2.75, 3.05) is 27.8 Å². The highest BCUT2D eigenvalue weighted by molar-refractivity contribution is 14.1. The van der Waals surface area contributed by atoms with E-state index in [4.69, 9.17) is 47.7 Å².